The molecule has 0 radical (unpaired) electrons. The normalized spacial score (nSPS) is 53.4. The van der Waals surface area contributed by atoms with Crippen LogP contribution in [0.2, 0.25) is 0 Å². The SMILES string of the molecule is OC[C@H]1O[C@H](OC[C@H]2O[C@H](OC[C@H]3O[C@H](OC[C@H]4O[C@H](O[C@H]5C(O)O[C@H](CO)[C@H](O)[C@@H]5O)[C@H](O)[C@@H](O)[C@H]4O)[C@H](O)[C@@H](O)[C@@H]3O)[C@H](O)[C@@H](O)[C@H]2O)[C@H](O[C@H]2O[C@H](CO)[C@@H](O)[C@H](O)[C@H]2O)[C@@H](O)[C@H]1O. The molecule has 0 aromatic rings. The lowest BCUT2D eigenvalue weighted by Gasteiger charge is -2.46. The molecule has 0 aromatic carbocycles. The van der Waals surface area contributed by atoms with Crippen LogP contribution in [0.15, 0.2) is 0 Å². The van der Waals surface area contributed by atoms with Gasteiger partial charge in [-0.1, -0.05) is 0 Å². The van der Waals surface area contributed by atoms with Crippen molar-refractivity contribution in [2.75, 3.05) is 39.6 Å². The third-order valence-electron chi connectivity index (χ3n) is 12.4. The van der Waals surface area contributed by atoms with Gasteiger partial charge in [0.2, 0.25) is 0 Å². The number of hydrogen-bond acceptors (Lipinski definition) is 31. The number of aliphatic hydroxyl groups excluding tert-OH is 20. The van der Waals surface area contributed by atoms with Crippen LogP contribution in [0.4, 0.5) is 0 Å². The summed E-state index contributed by atoms with van der Waals surface area (Å²) in [5.41, 5.74) is 0. The molecule has 0 amide bonds. The molecular formula is C36H62O31. The largest absolute Gasteiger partial charge is 0.394 e. The van der Waals surface area contributed by atoms with Crippen LogP contribution in [0.5, 0.6) is 0 Å². The minimum Gasteiger partial charge on any atom is -0.394 e. The van der Waals surface area contributed by atoms with Crippen molar-refractivity contribution >= 4 is 0 Å². The molecule has 6 aliphatic rings. The molecule has 6 fully saturated rings. The predicted molar refractivity (Wildman–Crippen MR) is 199 cm³/mol. The van der Waals surface area contributed by atoms with Crippen LogP contribution < -0.4 is 0 Å². The standard InChI is InChI=1S/C36H62O31/c37-1-7-14(41)23(50)29(31(56)60-7)66-35-28(55)22(49)18(45)12(65-35)5-58-33-25(52)20(47)16(43)10(63-33)4-57-32-26(53)21(48)17(44)11(64-32)6-59-36-30(24(51)15(42)9(3-39)62-36)67-34-27(54)19(46)13(40)8(2-38)61-34/h7-56H,1-6H2/t7-,8-,9-,10-,11-,12-,13-,14+,15+,16-,17+,18+,19+,20+,21+,22+,23+,24+,25-,26-,27-,28-,29-,30-,31?,32+,33+,34-,35-,36+/m1/s1. The average Bonchev–Trinajstić information content (AvgIpc) is 3.31. The van der Waals surface area contributed by atoms with Gasteiger partial charge in [0, 0.05) is 0 Å². The first-order valence-corrected chi connectivity index (χ1v) is 21.1. The summed E-state index contributed by atoms with van der Waals surface area (Å²) < 4.78 is 60.2. The Labute approximate surface area is 378 Å². The number of aliphatic hydroxyl groups is 20. The van der Waals surface area contributed by atoms with Crippen molar-refractivity contribution in [1.29, 1.82) is 0 Å². The smallest absolute Gasteiger partial charge is 0.187 e. The number of hydrogen-bond donors (Lipinski definition) is 20. The third-order valence-corrected chi connectivity index (χ3v) is 12.4. The zero-order valence-corrected chi connectivity index (χ0v) is 35.0. The molecule has 0 aliphatic carbocycles. The molecular weight excluding hydrogens is 928 g/mol. The van der Waals surface area contributed by atoms with Gasteiger partial charge >= 0.3 is 0 Å². The van der Waals surface area contributed by atoms with Gasteiger partial charge in [-0.15, -0.1) is 0 Å². The van der Waals surface area contributed by atoms with Gasteiger partial charge in [0.25, 0.3) is 0 Å². The lowest BCUT2D eigenvalue weighted by Crippen LogP contribution is -2.65. The number of rotatable bonds is 16. The second kappa shape index (κ2) is 23.5. The van der Waals surface area contributed by atoms with Crippen molar-refractivity contribution in [2.45, 2.75) is 184 Å². The molecule has 0 spiro atoms. The van der Waals surface area contributed by atoms with Crippen molar-refractivity contribution in [3.8, 4) is 0 Å². The molecule has 20 N–H and O–H groups in total. The molecule has 30 atom stereocenters. The Bertz CT molecular complexity index is 1510. The molecule has 6 saturated heterocycles. The van der Waals surface area contributed by atoms with Crippen LogP contribution >= 0.6 is 0 Å². The zero-order chi connectivity index (χ0) is 49.3. The molecule has 6 rings (SSSR count). The van der Waals surface area contributed by atoms with E-state index in [1.807, 2.05) is 0 Å². The first-order chi connectivity index (χ1) is 31.6. The quantitative estimate of drug-likeness (QED) is 0.0683. The van der Waals surface area contributed by atoms with E-state index in [1.54, 1.807) is 0 Å². The van der Waals surface area contributed by atoms with Crippen LogP contribution in [0.25, 0.3) is 0 Å². The van der Waals surface area contributed by atoms with Gasteiger partial charge < -0.3 is 154 Å². The highest BCUT2D eigenvalue weighted by Gasteiger charge is 2.54. The van der Waals surface area contributed by atoms with Gasteiger partial charge in [-0.05, 0) is 0 Å². The maximum Gasteiger partial charge on any atom is 0.187 e. The Morgan fingerprint density at radius 2 is 0.522 bits per heavy atom. The van der Waals surface area contributed by atoms with Gasteiger partial charge in [0.15, 0.2) is 37.7 Å². The average molecular weight is 991 g/mol. The number of ether oxygens (including phenoxy) is 11. The van der Waals surface area contributed by atoms with E-state index in [9.17, 15) is 102 Å². The Morgan fingerprint density at radius 1 is 0.254 bits per heavy atom. The summed E-state index contributed by atoms with van der Waals surface area (Å²) in [6, 6.07) is 0. The lowest BCUT2D eigenvalue weighted by molar-refractivity contribution is -0.374. The van der Waals surface area contributed by atoms with E-state index in [4.69, 9.17) is 52.1 Å². The van der Waals surface area contributed by atoms with E-state index in [0.29, 0.717) is 0 Å². The second-order valence-electron chi connectivity index (χ2n) is 16.9. The summed E-state index contributed by atoms with van der Waals surface area (Å²) in [7, 11) is 0. The van der Waals surface area contributed by atoms with Crippen LogP contribution in [0, 0.1) is 0 Å². The molecule has 67 heavy (non-hydrogen) atoms. The van der Waals surface area contributed by atoms with Crippen molar-refractivity contribution in [3.05, 3.63) is 0 Å². The van der Waals surface area contributed by atoms with Crippen LogP contribution in [0.3, 0.4) is 0 Å². The highest BCUT2D eigenvalue weighted by molar-refractivity contribution is 4.97. The molecule has 0 aromatic heterocycles. The lowest BCUT2D eigenvalue weighted by atomic mass is 9.97. The van der Waals surface area contributed by atoms with Crippen molar-refractivity contribution in [3.63, 3.8) is 0 Å². The fourth-order valence-electron chi connectivity index (χ4n) is 8.16. The third kappa shape index (κ3) is 11.7. The summed E-state index contributed by atoms with van der Waals surface area (Å²) in [5, 5.41) is 208. The minimum atomic E-state index is -2.04. The molecule has 1 unspecified atom stereocenters. The van der Waals surface area contributed by atoms with Crippen LogP contribution in [-0.4, -0.2) is 326 Å². The fraction of sp³-hybridized carbons (Fsp3) is 1.00. The van der Waals surface area contributed by atoms with E-state index < -0.39 is 224 Å². The zero-order valence-electron chi connectivity index (χ0n) is 35.0. The van der Waals surface area contributed by atoms with E-state index in [1.165, 1.54) is 0 Å². The molecule has 6 heterocycles. The predicted octanol–water partition coefficient (Wildman–Crippen LogP) is -14.1. The minimum absolute atomic E-state index is 0.799. The van der Waals surface area contributed by atoms with E-state index >= 15 is 0 Å². The Kier molecular flexibility index (Phi) is 19.4. The molecule has 0 saturated carbocycles. The van der Waals surface area contributed by atoms with Gasteiger partial charge in [0.1, 0.15) is 146 Å². The van der Waals surface area contributed by atoms with Gasteiger partial charge in [-0.2, -0.15) is 0 Å². The highest BCUT2D eigenvalue weighted by atomic mass is 16.8. The van der Waals surface area contributed by atoms with Gasteiger partial charge in [-0.25, -0.2) is 0 Å². The second-order valence-corrected chi connectivity index (χ2v) is 16.9. The topological polar surface area (TPSA) is 506 Å². The maximum absolute atomic E-state index is 10.9. The van der Waals surface area contributed by atoms with E-state index in [-0.39, 0.29) is 0 Å². The Balaban J connectivity index is 1.06. The van der Waals surface area contributed by atoms with Gasteiger partial charge in [0.05, 0.1) is 39.6 Å². The monoisotopic (exact) mass is 990 g/mol. The molecule has 6 aliphatic heterocycles. The molecule has 31 heteroatoms. The Morgan fingerprint density at radius 3 is 0.925 bits per heavy atom. The fourth-order valence-corrected chi connectivity index (χ4v) is 8.16. The van der Waals surface area contributed by atoms with E-state index in [2.05, 4.69) is 0 Å². The maximum atomic E-state index is 10.9. The highest BCUT2D eigenvalue weighted by Crippen LogP contribution is 2.33. The van der Waals surface area contributed by atoms with Gasteiger partial charge in [-0.3, -0.25) is 0 Å². The molecule has 31 nitrogen and oxygen atoms in total. The van der Waals surface area contributed by atoms with Crippen molar-refractivity contribution in [1.82, 2.24) is 0 Å². The summed E-state index contributed by atoms with van der Waals surface area (Å²) in [6.45, 7) is -5.00. The van der Waals surface area contributed by atoms with Crippen molar-refractivity contribution in [2.24, 2.45) is 0 Å². The first kappa shape index (κ1) is 55.1. The molecule has 392 valence electrons. The summed E-state index contributed by atoms with van der Waals surface area (Å²) in [4.78, 5) is 0. The van der Waals surface area contributed by atoms with E-state index in [0.717, 1.165) is 0 Å². The first-order valence-electron chi connectivity index (χ1n) is 21.1. The van der Waals surface area contributed by atoms with Crippen LogP contribution in [-0.2, 0) is 52.1 Å². The Hall–Kier alpha value is -1.24. The summed E-state index contributed by atoms with van der Waals surface area (Å²) >= 11 is 0. The van der Waals surface area contributed by atoms with Crippen LogP contribution in [0.1, 0.15) is 0 Å². The summed E-state index contributed by atoms with van der Waals surface area (Å²) in [5.74, 6) is 0. The molecule has 0 bridgehead atoms. The van der Waals surface area contributed by atoms with Crippen molar-refractivity contribution < 1.29 is 154 Å². The summed E-state index contributed by atoms with van der Waals surface area (Å²) in [6.07, 6.45) is -55.6.